The minimum Gasteiger partial charge on any atom is -0.387 e. The summed E-state index contributed by atoms with van der Waals surface area (Å²) in [5, 5.41) is 13.0. The average molecular weight is 566 g/mol. The van der Waals surface area contributed by atoms with E-state index in [4.69, 9.17) is 0 Å². The van der Waals surface area contributed by atoms with Gasteiger partial charge in [-0.15, -0.1) is 0 Å². The standard InChI is InChI=1S/C32H55NO5S/c1-3-5-7-9-11-13-15-16-18-20-22-24-26-28-32(35)33-30(29-39(36,37)38)31(34)27-25-23-21-19-17-14-12-10-8-6-4-2/h5,7,11,13,16,18,22,24-25,27,30-31,34H,3-4,6,8-10,12,14-15,17,19-21,23,26,28-29H2,1-2H3,(H,33,35)(H,36,37,38)/b7-5-,13-11-,18-16-,24-22-,27-25+. The fourth-order valence-corrected chi connectivity index (χ4v) is 4.72. The summed E-state index contributed by atoms with van der Waals surface area (Å²) in [6.45, 7) is 4.34. The Bertz CT molecular complexity index is 843. The topological polar surface area (TPSA) is 104 Å². The van der Waals surface area contributed by atoms with Crippen molar-refractivity contribution in [2.45, 2.75) is 129 Å². The van der Waals surface area contributed by atoms with E-state index in [2.05, 4.69) is 55.6 Å². The first-order valence-corrected chi connectivity index (χ1v) is 16.6. The molecular weight excluding hydrogens is 510 g/mol. The zero-order chi connectivity index (χ0) is 29.0. The number of hydrogen-bond donors (Lipinski definition) is 3. The molecule has 6 nitrogen and oxygen atoms in total. The van der Waals surface area contributed by atoms with Crippen molar-refractivity contribution in [3.63, 3.8) is 0 Å². The van der Waals surface area contributed by atoms with E-state index >= 15 is 0 Å². The molecule has 0 radical (unpaired) electrons. The molecule has 0 bridgehead atoms. The normalized spacial score (nSPS) is 14.5. The van der Waals surface area contributed by atoms with Crippen LogP contribution in [0.3, 0.4) is 0 Å². The first-order valence-electron chi connectivity index (χ1n) is 15.0. The van der Waals surface area contributed by atoms with Crippen LogP contribution >= 0.6 is 0 Å². The minimum atomic E-state index is -4.35. The Kier molecular flexibility index (Phi) is 25.0. The van der Waals surface area contributed by atoms with Crippen LogP contribution in [0.2, 0.25) is 0 Å². The molecule has 2 atom stereocenters. The highest BCUT2D eigenvalue weighted by Crippen LogP contribution is 2.11. The highest BCUT2D eigenvalue weighted by molar-refractivity contribution is 7.85. The van der Waals surface area contributed by atoms with Crippen molar-refractivity contribution in [3.05, 3.63) is 60.8 Å². The Morgan fingerprint density at radius 2 is 1.23 bits per heavy atom. The van der Waals surface area contributed by atoms with E-state index in [-0.39, 0.29) is 12.3 Å². The Hall–Kier alpha value is -1.96. The summed E-state index contributed by atoms with van der Waals surface area (Å²) in [5.41, 5.74) is 0. The van der Waals surface area contributed by atoms with Crippen LogP contribution in [0.4, 0.5) is 0 Å². The second kappa shape index (κ2) is 26.3. The van der Waals surface area contributed by atoms with Crippen LogP contribution in [-0.2, 0) is 14.9 Å². The maximum atomic E-state index is 12.3. The molecule has 39 heavy (non-hydrogen) atoms. The van der Waals surface area contributed by atoms with Gasteiger partial charge < -0.3 is 10.4 Å². The third-order valence-corrected chi connectivity index (χ3v) is 6.99. The Labute approximate surface area is 239 Å². The first-order chi connectivity index (χ1) is 18.8. The zero-order valence-corrected chi connectivity index (χ0v) is 25.3. The van der Waals surface area contributed by atoms with Crippen LogP contribution in [0.1, 0.15) is 117 Å². The molecule has 0 aliphatic heterocycles. The van der Waals surface area contributed by atoms with Crippen LogP contribution in [0.25, 0.3) is 0 Å². The Balaban J connectivity index is 4.28. The lowest BCUT2D eigenvalue weighted by Crippen LogP contribution is -2.46. The Morgan fingerprint density at radius 1 is 0.718 bits per heavy atom. The summed E-state index contributed by atoms with van der Waals surface area (Å²) in [5.74, 6) is -1.09. The highest BCUT2D eigenvalue weighted by atomic mass is 32.2. The maximum absolute atomic E-state index is 12.3. The SMILES string of the molecule is CC/C=C\C/C=C\C/C=C\C/C=C\CCC(=O)NC(CS(=O)(=O)O)C(O)/C=C/CCCCCCCCCCC. The van der Waals surface area contributed by atoms with Gasteiger partial charge in [0.1, 0.15) is 0 Å². The number of carbonyl (C=O) groups excluding carboxylic acids is 1. The molecule has 0 aliphatic rings. The molecule has 0 spiro atoms. The summed E-state index contributed by atoms with van der Waals surface area (Å²) in [6, 6.07) is -1.09. The van der Waals surface area contributed by atoms with Crippen molar-refractivity contribution < 1.29 is 22.9 Å². The fourth-order valence-electron chi connectivity index (χ4n) is 3.99. The number of aliphatic hydroxyl groups excluding tert-OH is 1. The van der Waals surface area contributed by atoms with E-state index in [0.29, 0.717) is 6.42 Å². The van der Waals surface area contributed by atoms with Crippen molar-refractivity contribution >= 4 is 16.0 Å². The van der Waals surface area contributed by atoms with Gasteiger partial charge in [-0.25, -0.2) is 0 Å². The van der Waals surface area contributed by atoms with Crippen LogP contribution in [-0.4, -0.2) is 41.9 Å². The number of rotatable bonds is 25. The average Bonchev–Trinajstić information content (AvgIpc) is 2.88. The third-order valence-electron chi connectivity index (χ3n) is 6.21. The minimum absolute atomic E-state index is 0.172. The summed E-state index contributed by atoms with van der Waals surface area (Å²) < 4.78 is 32.1. The molecule has 0 saturated heterocycles. The predicted octanol–water partition coefficient (Wildman–Crippen LogP) is 7.78. The summed E-state index contributed by atoms with van der Waals surface area (Å²) >= 11 is 0. The van der Waals surface area contributed by atoms with Gasteiger partial charge in [-0.3, -0.25) is 9.35 Å². The Morgan fingerprint density at radius 3 is 1.77 bits per heavy atom. The molecule has 3 N–H and O–H groups in total. The van der Waals surface area contributed by atoms with Crippen LogP contribution in [0, 0.1) is 0 Å². The molecule has 7 heteroatoms. The maximum Gasteiger partial charge on any atom is 0.267 e. The smallest absolute Gasteiger partial charge is 0.267 e. The van der Waals surface area contributed by atoms with Gasteiger partial charge in [0.15, 0.2) is 0 Å². The molecule has 0 saturated carbocycles. The first kappa shape index (κ1) is 37.0. The summed E-state index contributed by atoms with van der Waals surface area (Å²) in [6.07, 6.45) is 35.0. The number of allylic oxidation sites excluding steroid dienone is 9. The van der Waals surface area contributed by atoms with Gasteiger partial charge in [0.25, 0.3) is 10.1 Å². The molecule has 0 rings (SSSR count). The summed E-state index contributed by atoms with van der Waals surface area (Å²) in [7, 11) is -4.35. The fraction of sp³-hybridized carbons (Fsp3) is 0.656. The summed E-state index contributed by atoms with van der Waals surface area (Å²) in [4.78, 5) is 12.3. The van der Waals surface area contributed by atoms with Crippen molar-refractivity contribution in [3.8, 4) is 0 Å². The van der Waals surface area contributed by atoms with Gasteiger partial charge in [0.2, 0.25) is 5.91 Å². The lowest BCUT2D eigenvalue weighted by molar-refractivity contribution is -0.122. The van der Waals surface area contributed by atoms with Crippen molar-refractivity contribution in [2.75, 3.05) is 5.75 Å². The van der Waals surface area contributed by atoms with E-state index in [0.717, 1.165) is 44.9 Å². The molecule has 0 aromatic carbocycles. The van der Waals surface area contributed by atoms with Crippen molar-refractivity contribution in [1.82, 2.24) is 5.32 Å². The number of carbonyl (C=O) groups is 1. The number of unbranched alkanes of at least 4 members (excludes halogenated alkanes) is 9. The van der Waals surface area contributed by atoms with Crippen LogP contribution in [0.15, 0.2) is 60.8 Å². The van der Waals surface area contributed by atoms with E-state index in [1.807, 2.05) is 18.2 Å². The molecule has 0 aromatic rings. The molecular formula is C32H55NO5S. The quantitative estimate of drug-likeness (QED) is 0.0596. The molecule has 0 aliphatic carbocycles. The molecule has 0 heterocycles. The zero-order valence-electron chi connectivity index (χ0n) is 24.5. The van der Waals surface area contributed by atoms with E-state index in [9.17, 15) is 22.9 Å². The second-order valence-electron chi connectivity index (χ2n) is 10.00. The van der Waals surface area contributed by atoms with Gasteiger partial charge in [-0.1, -0.05) is 126 Å². The third kappa shape index (κ3) is 27.4. The molecule has 0 aromatic heterocycles. The molecule has 2 unspecified atom stereocenters. The van der Waals surface area contributed by atoms with Crippen molar-refractivity contribution in [2.24, 2.45) is 0 Å². The predicted molar refractivity (Wildman–Crippen MR) is 165 cm³/mol. The molecule has 224 valence electrons. The van der Waals surface area contributed by atoms with Crippen molar-refractivity contribution in [1.29, 1.82) is 0 Å². The lowest BCUT2D eigenvalue weighted by atomic mass is 10.1. The lowest BCUT2D eigenvalue weighted by Gasteiger charge is -2.20. The number of nitrogens with one attached hydrogen (secondary N) is 1. The highest BCUT2D eigenvalue weighted by Gasteiger charge is 2.24. The van der Waals surface area contributed by atoms with Gasteiger partial charge in [-0.2, -0.15) is 8.42 Å². The van der Waals surface area contributed by atoms with Gasteiger partial charge in [0.05, 0.1) is 17.9 Å². The number of hydrogen-bond acceptors (Lipinski definition) is 4. The van der Waals surface area contributed by atoms with Crippen LogP contribution in [0.5, 0.6) is 0 Å². The van der Waals surface area contributed by atoms with E-state index < -0.39 is 28.0 Å². The number of aliphatic hydroxyl groups is 1. The second-order valence-corrected chi connectivity index (χ2v) is 11.5. The van der Waals surface area contributed by atoms with Gasteiger partial charge >= 0.3 is 0 Å². The molecule has 0 fully saturated rings. The van der Waals surface area contributed by atoms with Crippen LogP contribution < -0.4 is 5.32 Å². The monoisotopic (exact) mass is 565 g/mol. The molecule has 1 amide bonds. The van der Waals surface area contributed by atoms with E-state index in [1.165, 1.54) is 51.0 Å². The van der Waals surface area contributed by atoms with Gasteiger partial charge in [0, 0.05) is 6.42 Å². The largest absolute Gasteiger partial charge is 0.387 e. The van der Waals surface area contributed by atoms with Gasteiger partial charge in [-0.05, 0) is 44.9 Å². The number of amides is 1. The van der Waals surface area contributed by atoms with E-state index in [1.54, 1.807) is 0 Å².